The first-order chi connectivity index (χ1) is 9.84. The third kappa shape index (κ3) is 2.14. The summed E-state index contributed by atoms with van der Waals surface area (Å²) in [6.45, 7) is 1.69. The molecule has 6 nitrogen and oxygen atoms in total. The largest absolute Gasteiger partial charge is 0.265 e. The molecule has 21 heavy (non-hydrogen) atoms. The highest BCUT2D eigenvalue weighted by atomic mass is 32.2. The summed E-state index contributed by atoms with van der Waals surface area (Å²) in [6.07, 6.45) is 4.12. The normalized spacial score (nSPS) is 20.1. The van der Waals surface area contributed by atoms with Gasteiger partial charge in [0.15, 0.2) is 24.7 Å². The van der Waals surface area contributed by atoms with Crippen molar-refractivity contribution in [1.82, 2.24) is 9.97 Å². The number of rotatable bonds is 2. The molecule has 0 N–H and O–H groups in total. The van der Waals surface area contributed by atoms with Crippen molar-refractivity contribution in [2.45, 2.75) is 22.1 Å². The lowest BCUT2D eigenvalue weighted by Crippen LogP contribution is -2.16. The molecule has 0 spiro atoms. The summed E-state index contributed by atoms with van der Waals surface area (Å²) in [5, 5.41) is -1.24. The molecule has 1 aliphatic rings. The number of pyridine rings is 2. The molecule has 0 saturated heterocycles. The van der Waals surface area contributed by atoms with E-state index in [4.69, 9.17) is 0 Å². The van der Waals surface area contributed by atoms with Crippen molar-refractivity contribution < 1.29 is 16.8 Å². The van der Waals surface area contributed by atoms with Crippen LogP contribution in [0.1, 0.15) is 16.4 Å². The van der Waals surface area contributed by atoms with Crippen LogP contribution in [0.4, 0.5) is 0 Å². The van der Waals surface area contributed by atoms with Crippen LogP contribution >= 0.6 is 0 Å². The minimum Gasteiger partial charge on any atom is -0.265 e. The van der Waals surface area contributed by atoms with Crippen LogP contribution in [0, 0.1) is 6.92 Å². The summed E-state index contributed by atoms with van der Waals surface area (Å²) in [7, 11) is -7.48. The predicted octanol–water partition coefficient (Wildman–Crippen LogP) is 1.09. The fraction of sp³-hybridized carbons (Fsp3) is 0.231. The Kier molecular flexibility index (Phi) is 3.10. The molecule has 0 aliphatic carbocycles. The molecule has 0 saturated carbocycles. The third-order valence-corrected chi connectivity index (χ3v) is 7.49. The summed E-state index contributed by atoms with van der Waals surface area (Å²) in [5.74, 6) is -0.467. The summed E-state index contributed by atoms with van der Waals surface area (Å²) in [4.78, 5) is 7.71. The van der Waals surface area contributed by atoms with Gasteiger partial charge in [0.2, 0.25) is 0 Å². The van der Waals surface area contributed by atoms with Gasteiger partial charge in [0.05, 0.1) is 10.6 Å². The van der Waals surface area contributed by atoms with Crippen LogP contribution in [-0.2, 0) is 19.7 Å². The summed E-state index contributed by atoms with van der Waals surface area (Å²) in [6, 6.07) is 4.35. The molecule has 0 radical (unpaired) electrons. The second-order valence-electron chi connectivity index (χ2n) is 4.84. The molecule has 0 amide bonds. The van der Waals surface area contributed by atoms with E-state index in [0.29, 0.717) is 5.56 Å². The van der Waals surface area contributed by atoms with Gasteiger partial charge in [0.1, 0.15) is 5.25 Å². The average Bonchev–Trinajstić information content (AvgIpc) is 2.74. The molecule has 8 heteroatoms. The lowest BCUT2D eigenvalue weighted by molar-refractivity contribution is 0.582. The molecule has 3 rings (SSSR count). The minimum atomic E-state index is -3.80. The van der Waals surface area contributed by atoms with E-state index in [0.717, 1.165) is 0 Å². The van der Waals surface area contributed by atoms with Gasteiger partial charge < -0.3 is 0 Å². The molecular weight excluding hydrogens is 312 g/mol. The lowest BCUT2D eigenvalue weighted by Gasteiger charge is -2.13. The highest BCUT2D eigenvalue weighted by Gasteiger charge is 2.44. The van der Waals surface area contributed by atoms with Crippen LogP contribution < -0.4 is 0 Å². The van der Waals surface area contributed by atoms with E-state index in [1.54, 1.807) is 13.0 Å². The molecule has 2 aromatic heterocycles. The maximum Gasteiger partial charge on any atom is 0.197 e. The molecule has 1 unspecified atom stereocenters. The number of hydrogen-bond acceptors (Lipinski definition) is 6. The maximum atomic E-state index is 12.7. The van der Waals surface area contributed by atoms with Crippen molar-refractivity contribution in [3.63, 3.8) is 0 Å². The van der Waals surface area contributed by atoms with Gasteiger partial charge in [0.25, 0.3) is 0 Å². The zero-order valence-corrected chi connectivity index (χ0v) is 12.7. The Labute approximate surface area is 122 Å². The van der Waals surface area contributed by atoms with Crippen molar-refractivity contribution in [2.75, 3.05) is 5.75 Å². The summed E-state index contributed by atoms with van der Waals surface area (Å²) in [5.41, 5.74) is 0.901. The van der Waals surface area contributed by atoms with Crippen molar-refractivity contribution in [1.29, 1.82) is 0 Å². The number of fused-ring (bicyclic) bond motifs is 1. The molecular formula is C13H12N2O4S2. The highest BCUT2D eigenvalue weighted by Crippen LogP contribution is 2.41. The summed E-state index contributed by atoms with van der Waals surface area (Å²) >= 11 is 0. The first-order valence-corrected chi connectivity index (χ1v) is 9.36. The van der Waals surface area contributed by atoms with E-state index in [-0.39, 0.29) is 15.5 Å². The fourth-order valence-corrected chi connectivity index (χ4v) is 6.83. The van der Waals surface area contributed by atoms with Gasteiger partial charge in [-0.05, 0) is 30.7 Å². The van der Waals surface area contributed by atoms with Crippen LogP contribution in [0.15, 0.2) is 46.7 Å². The van der Waals surface area contributed by atoms with E-state index >= 15 is 0 Å². The van der Waals surface area contributed by atoms with Crippen molar-refractivity contribution in [3.8, 4) is 0 Å². The molecule has 3 heterocycles. The minimum absolute atomic E-state index is 0.0637. The van der Waals surface area contributed by atoms with Gasteiger partial charge in [-0.2, -0.15) is 0 Å². The van der Waals surface area contributed by atoms with E-state index in [9.17, 15) is 16.8 Å². The first-order valence-electron chi connectivity index (χ1n) is 6.16. The molecule has 0 bridgehead atoms. The van der Waals surface area contributed by atoms with Gasteiger partial charge in [-0.25, -0.2) is 21.8 Å². The van der Waals surface area contributed by atoms with Crippen molar-refractivity contribution >= 4 is 19.7 Å². The Morgan fingerprint density at radius 2 is 1.81 bits per heavy atom. The highest BCUT2D eigenvalue weighted by molar-refractivity contribution is 7.96. The molecule has 0 aromatic carbocycles. The van der Waals surface area contributed by atoms with Gasteiger partial charge in [-0.15, -0.1) is 0 Å². The number of aromatic nitrogens is 2. The average molecular weight is 324 g/mol. The Morgan fingerprint density at radius 1 is 1.14 bits per heavy atom. The molecule has 110 valence electrons. The number of hydrogen-bond donors (Lipinski definition) is 0. The SMILES string of the molecule is Cc1ccnc2c1C(S(=O)(=O)c1ccncc1)CS2(=O)=O. The van der Waals surface area contributed by atoms with Gasteiger partial charge in [-0.1, -0.05) is 0 Å². The Bertz CT molecular complexity index is 906. The van der Waals surface area contributed by atoms with Crippen molar-refractivity contribution in [2.24, 2.45) is 0 Å². The second kappa shape index (κ2) is 4.60. The van der Waals surface area contributed by atoms with Gasteiger partial charge in [-0.3, -0.25) is 4.98 Å². The van der Waals surface area contributed by atoms with Crippen LogP contribution in [-0.4, -0.2) is 32.6 Å². The molecule has 1 atom stereocenters. The zero-order valence-electron chi connectivity index (χ0n) is 11.1. The van der Waals surface area contributed by atoms with Crippen LogP contribution in [0.5, 0.6) is 0 Å². The lowest BCUT2D eigenvalue weighted by atomic mass is 10.1. The van der Waals surface area contributed by atoms with E-state index in [1.165, 1.54) is 30.7 Å². The van der Waals surface area contributed by atoms with E-state index < -0.39 is 30.7 Å². The van der Waals surface area contributed by atoms with Crippen LogP contribution in [0.2, 0.25) is 0 Å². The van der Waals surface area contributed by atoms with Gasteiger partial charge in [0, 0.05) is 24.2 Å². The number of sulfone groups is 2. The third-order valence-electron chi connectivity index (χ3n) is 3.51. The van der Waals surface area contributed by atoms with Gasteiger partial charge >= 0.3 is 0 Å². The van der Waals surface area contributed by atoms with E-state index in [2.05, 4.69) is 9.97 Å². The predicted molar refractivity (Wildman–Crippen MR) is 75.2 cm³/mol. The smallest absolute Gasteiger partial charge is 0.197 e. The maximum absolute atomic E-state index is 12.7. The molecule has 1 aliphatic heterocycles. The molecule has 2 aromatic rings. The number of nitrogens with zero attached hydrogens (tertiary/aromatic N) is 2. The first kappa shape index (κ1) is 14.2. The fourth-order valence-electron chi connectivity index (χ4n) is 2.48. The monoisotopic (exact) mass is 324 g/mol. The zero-order chi connectivity index (χ0) is 15.3. The van der Waals surface area contributed by atoms with Crippen molar-refractivity contribution in [3.05, 3.63) is 47.9 Å². The summed E-state index contributed by atoms with van der Waals surface area (Å²) < 4.78 is 49.7. The quantitative estimate of drug-likeness (QED) is 0.820. The second-order valence-corrected chi connectivity index (χ2v) is 8.92. The standard InChI is InChI=1S/C13H12N2O4S2/c1-9-2-7-15-13-12(9)11(8-20(13,16)17)21(18,19)10-3-5-14-6-4-10/h2-7,11H,8H2,1H3. The van der Waals surface area contributed by atoms with Crippen LogP contribution in [0.25, 0.3) is 0 Å². The topological polar surface area (TPSA) is 94.1 Å². The van der Waals surface area contributed by atoms with Crippen LogP contribution in [0.3, 0.4) is 0 Å². The van der Waals surface area contributed by atoms with E-state index in [1.807, 2.05) is 0 Å². The molecule has 0 fully saturated rings. The number of aryl methyl sites for hydroxylation is 1. The Balaban J connectivity index is 2.24. The Morgan fingerprint density at radius 3 is 2.48 bits per heavy atom. The Hall–Kier alpha value is -1.80.